The number of benzene rings is 2. The number of amides is 1. The molecule has 3 aromatic rings. The van der Waals surface area contributed by atoms with Gasteiger partial charge in [0.1, 0.15) is 11.8 Å². The first kappa shape index (κ1) is 18.6. The molecule has 4 N–H and O–H groups in total. The summed E-state index contributed by atoms with van der Waals surface area (Å²) in [6.07, 6.45) is 1.03. The van der Waals surface area contributed by atoms with Gasteiger partial charge in [-0.25, -0.2) is 9.37 Å². The lowest BCUT2D eigenvalue weighted by Gasteiger charge is -2.10. The zero-order chi connectivity index (χ0) is 19.9. The highest BCUT2D eigenvalue weighted by Crippen LogP contribution is 2.23. The second kappa shape index (κ2) is 8.46. The molecule has 8 nitrogen and oxygen atoms in total. The minimum Gasteiger partial charge on any atom is -0.479 e. The number of hydrogen-bond donors (Lipinski definition) is 3. The quantitative estimate of drug-likeness (QED) is 0.576. The molecule has 0 aliphatic heterocycles. The lowest BCUT2D eigenvalue weighted by Crippen LogP contribution is -2.10. The van der Waals surface area contributed by atoms with Crippen LogP contribution < -0.4 is 21.1 Å². The van der Waals surface area contributed by atoms with Crippen LogP contribution in [0.15, 0.2) is 54.7 Å². The number of nitriles is 1. The van der Waals surface area contributed by atoms with Crippen LogP contribution in [0.1, 0.15) is 10.4 Å². The van der Waals surface area contributed by atoms with E-state index in [2.05, 4.69) is 20.6 Å². The molecule has 2 aromatic carbocycles. The fourth-order valence-electron chi connectivity index (χ4n) is 2.28. The molecule has 1 aromatic heterocycles. The molecular weight excluding hydrogens is 363 g/mol. The van der Waals surface area contributed by atoms with Gasteiger partial charge in [0.25, 0.3) is 0 Å². The summed E-state index contributed by atoms with van der Waals surface area (Å²) in [6.45, 7) is -0.0894. The number of halogens is 1. The molecule has 0 saturated carbocycles. The summed E-state index contributed by atoms with van der Waals surface area (Å²) in [5.41, 5.74) is 6.71. The van der Waals surface area contributed by atoms with E-state index in [1.807, 2.05) is 6.07 Å². The molecule has 3 rings (SSSR count). The molecular formula is C19H15FN6O2. The minimum atomic E-state index is -0.641. The molecule has 140 valence electrons. The van der Waals surface area contributed by atoms with Crippen LogP contribution in [0.4, 0.5) is 27.5 Å². The Labute approximate surface area is 159 Å². The van der Waals surface area contributed by atoms with E-state index < -0.39 is 11.7 Å². The Morgan fingerprint density at radius 2 is 1.96 bits per heavy atom. The van der Waals surface area contributed by atoms with Gasteiger partial charge in [-0.05, 0) is 36.4 Å². The second-order valence-corrected chi connectivity index (χ2v) is 5.56. The lowest BCUT2D eigenvalue weighted by atomic mass is 10.2. The Kier molecular flexibility index (Phi) is 5.62. The van der Waals surface area contributed by atoms with Crippen molar-refractivity contribution >= 4 is 29.0 Å². The van der Waals surface area contributed by atoms with E-state index in [1.165, 1.54) is 0 Å². The normalized spacial score (nSPS) is 10.0. The number of primary amides is 1. The highest BCUT2D eigenvalue weighted by Gasteiger charge is 2.09. The number of hydrogen-bond acceptors (Lipinski definition) is 7. The monoisotopic (exact) mass is 378 g/mol. The topological polar surface area (TPSA) is 126 Å². The molecule has 1 amide bonds. The molecule has 0 spiro atoms. The lowest BCUT2D eigenvalue weighted by molar-refractivity contribution is 0.100. The van der Waals surface area contributed by atoms with Gasteiger partial charge < -0.3 is 21.1 Å². The molecule has 0 unspecified atom stereocenters. The Balaban J connectivity index is 1.76. The highest BCUT2D eigenvalue weighted by molar-refractivity contribution is 5.93. The van der Waals surface area contributed by atoms with Crippen molar-refractivity contribution in [3.05, 3.63) is 66.1 Å². The highest BCUT2D eigenvalue weighted by atomic mass is 19.1. The molecule has 0 atom stereocenters. The van der Waals surface area contributed by atoms with Crippen molar-refractivity contribution in [1.82, 2.24) is 9.97 Å². The molecule has 0 aliphatic rings. The van der Waals surface area contributed by atoms with Crippen LogP contribution >= 0.6 is 0 Å². The van der Waals surface area contributed by atoms with Gasteiger partial charge in [-0.3, -0.25) is 4.79 Å². The van der Waals surface area contributed by atoms with E-state index in [0.29, 0.717) is 22.7 Å². The van der Waals surface area contributed by atoms with Gasteiger partial charge in [0.2, 0.25) is 11.9 Å². The number of carbonyl (C=O) groups excluding carboxylic acids is 1. The second-order valence-electron chi connectivity index (χ2n) is 5.56. The molecule has 9 heteroatoms. The zero-order valence-corrected chi connectivity index (χ0v) is 14.5. The average Bonchev–Trinajstić information content (AvgIpc) is 2.70. The molecule has 0 bridgehead atoms. The van der Waals surface area contributed by atoms with Crippen LogP contribution in [0.25, 0.3) is 0 Å². The number of ether oxygens (including phenoxy) is 1. The Hall–Kier alpha value is -4.19. The van der Waals surface area contributed by atoms with Crippen molar-refractivity contribution in [2.45, 2.75) is 0 Å². The van der Waals surface area contributed by atoms with Crippen molar-refractivity contribution in [3.8, 4) is 11.8 Å². The average molecular weight is 378 g/mol. The summed E-state index contributed by atoms with van der Waals surface area (Å²) in [5.74, 6) is -0.583. The molecule has 0 fully saturated rings. The van der Waals surface area contributed by atoms with E-state index in [-0.39, 0.29) is 18.4 Å². The van der Waals surface area contributed by atoms with Gasteiger partial charge in [-0.15, -0.1) is 0 Å². The molecule has 1 heterocycles. The summed E-state index contributed by atoms with van der Waals surface area (Å²) < 4.78 is 19.3. The number of anilines is 4. The summed E-state index contributed by atoms with van der Waals surface area (Å²) >= 11 is 0. The smallest absolute Gasteiger partial charge is 0.248 e. The molecule has 0 aliphatic carbocycles. The third-order valence-corrected chi connectivity index (χ3v) is 3.57. The van der Waals surface area contributed by atoms with Crippen LogP contribution in [0.3, 0.4) is 0 Å². The maximum absolute atomic E-state index is 14.1. The van der Waals surface area contributed by atoms with Crippen LogP contribution in [-0.2, 0) is 0 Å². The maximum Gasteiger partial charge on any atom is 0.248 e. The standard InChI is InChI=1S/C19H15FN6O2/c20-16-11-23-19(25-13-6-4-12(5-7-13)17(22)27)26-18(16)24-14-2-1-3-15(10-14)28-9-8-21/h1-7,10-11H,9H2,(H2,22,27)(H2,23,24,25,26). The van der Waals surface area contributed by atoms with E-state index >= 15 is 0 Å². The Morgan fingerprint density at radius 1 is 1.18 bits per heavy atom. The van der Waals surface area contributed by atoms with E-state index in [4.69, 9.17) is 15.7 Å². The van der Waals surface area contributed by atoms with Gasteiger partial charge in [0.15, 0.2) is 18.2 Å². The number of nitrogens with zero attached hydrogens (tertiary/aromatic N) is 3. The van der Waals surface area contributed by atoms with Crippen LogP contribution in [0.5, 0.6) is 5.75 Å². The van der Waals surface area contributed by atoms with Crippen molar-refractivity contribution in [3.63, 3.8) is 0 Å². The fraction of sp³-hybridized carbons (Fsp3) is 0.0526. The van der Waals surface area contributed by atoms with Gasteiger partial charge in [-0.2, -0.15) is 10.2 Å². The van der Waals surface area contributed by atoms with E-state index in [1.54, 1.807) is 48.5 Å². The van der Waals surface area contributed by atoms with E-state index in [9.17, 15) is 9.18 Å². The number of carbonyl (C=O) groups is 1. The number of aromatic nitrogens is 2. The first-order valence-corrected chi connectivity index (χ1v) is 8.11. The van der Waals surface area contributed by atoms with Gasteiger partial charge in [-0.1, -0.05) is 6.07 Å². The van der Waals surface area contributed by atoms with Gasteiger partial charge >= 0.3 is 0 Å². The van der Waals surface area contributed by atoms with Crippen molar-refractivity contribution in [2.24, 2.45) is 5.73 Å². The third-order valence-electron chi connectivity index (χ3n) is 3.57. The van der Waals surface area contributed by atoms with Crippen molar-refractivity contribution < 1.29 is 13.9 Å². The number of nitrogens with one attached hydrogen (secondary N) is 2. The first-order chi connectivity index (χ1) is 13.5. The summed E-state index contributed by atoms with van der Waals surface area (Å²) in [5, 5.41) is 14.3. The SMILES string of the molecule is N#CCOc1cccc(Nc2nc(Nc3ccc(C(N)=O)cc3)ncc2F)c1. The maximum atomic E-state index is 14.1. The first-order valence-electron chi connectivity index (χ1n) is 8.11. The van der Waals surface area contributed by atoms with Crippen LogP contribution in [-0.4, -0.2) is 22.5 Å². The van der Waals surface area contributed by atoms with Crippen molar-refractivity contribution in [2.75, 3.05) is 17.2 Å². The minimum absolute atomic E-state index is 0.0383. The predicted octanol–water partition coefficient (Wildman–Crippen LogP) is 3.10. The molecule has 0 saturated heterocycles. The Morgan fingerprint density at radius 3 is 2.68 bits per heavy atom. The summed E-state index contributed by atoms with van der Waals surface area (Å²) in [7, 11) is 0. The summed E-state index contributed by atoms with van der Waals surface area (Å²) in [6, 6.07) is 15.0. The van der Waals surface area contributed by atoms with Gasteiger partial charge in [0.05, 0.1) is 6.20 Å². The largest absolute Gasteiger partial charge is 0.479 e. The number of rotatable bonds is 7. The third kappa shape index (κ3) is 4.70. The fourth-order valence-corrected chi connectivity index (χ4v) is 2.28. The van der Waals surface area contributed by atoms with Crippen molar-refractivity contribution in [1.29, 1.82) is 5.26 Å². The predicted molar refractivity (Wildman–Crippen MR) is 101 cm³/mol. The number of nitrogens with two attached hydrogens (primary N) is 1. The molecule has 28 heavy (non-hydrogen) atoms. The Bertz CT molecular complexity index is 1030. The van der Waals surface area contributed by atoms with E-state index in [0.717, 1.165) is 6.20 Å². The summed E-state index contributed by atoms with van der Waals surface area (Å²) in [4.78, 5) is 19.1. The van der Waals surface area contributed by atoms with Gasteiger partial charge in [0, 0.05) is 23.0 Å². The zero-order valence-electron chi connectivity index (χ0n) is 14.5. The van der Waals surface area contributed by atoms with Crippen LogP contribution in [0.2, 0.25) is 0 Å². The molecule has 0 radical (unpaired) electrons. The van der Waals surface area contributed by atoms with Crippen LogP contribution in [0, 0.1) is 17.1 Å².